The lowest BCUT2D eigenvalue weighted by atomic mass is 10.1. The van der Waals surface area contributed by atoms with E-state index < -0.39 is 0 Å². The molecule has 1 aromatic heterocycles. The molecule has 1 aliphatic rings. The predicted molar refractivity (Wildman–Crippen MR) is 97.9 cm³/mol. The van der Waals surface area contributed by atoms with Crippen LogP contribution in [-0.4, -0.2) is 60.0 Å². The fourth-order valence-electron chi connectivity index (χ4n) is 2.90. The fraction of sp³-hybridized carbons (Fsp3) is 0.444. The monoisotopic (exact) mass is 362 g/mol. The molecule has 134 valence electrons. The lowest BCUT2D eigenvalue weighted by molar-refractivity contribution is 0.0374. The number of aromatic nitrogens is 2. The largest absolute Gasteiger partial charge is 0.379 e. The van der Waals surface area contributed by atoms with E-state index in [0.29, 0.717) is 23.0 Å². The second-order valence-corrected chi connectivity index (χ2v) is 6.49. The summed E-state index contributed by atoms with van der Waals surface area (Å²) in [5.74, 6) is -0.115. The second kappa shape index (κ2) is 8.47. The summed E-state index contributed by atoms with van der Waals surface area (Å²) < 4.78 is 6.93. The van der Waals surface area contributed by atoms with Crippen molar-refractivity contribution in [2.45, 2.75) is 6.42 Å². The molecule has 1 amide bonds. The number of hydrogen-bond acceptors (Lipinski definition) is 4. The van der Waals surface area contributed by atoms with E-state index in [9.17, 15) is 4.79 Å². The van der Waals surface area contributed by atoms with Crippen molar-refractivity contribution in [3.8, 4) is 11.3 Å². The van der Waals surface area contributed by atoms with E-state index >= 15 is 0 Å². The van der Waals surface area contributed by atoms with Crippen LogP contribution in [0.5, 0.6) is 0 Å². The molecule has 1 N–H and O–H groups in total. The average Bonchev–Trinajstić information content (AvgIpc) is 3.01. The zero-order valence-corrected chi connectivity index (χ0v) is 15.1. The molecular weight excluding hydrogens is 340 g/mol. The third-order valence-electron chi connectivity index (χ3n) is 4.30. The summed E-state index contributed by atoms with van der Waals surface area (Å²) in [5, 5.41) is 8.01. The normalized spacial score (nSPS) is 15.3. The van der Waals surface area contributed by atoms with Crippen molar-refractivity contribution >= 4 is 17.5 Å². The summed E-state index contributed by atoms with van der Waals surface area (Å²) in [6.45, 7) is 5.15. The lowest BCUT2D eigenvalue weighted by Crippen LogP contribution is -2.38. The van der Waals surface area contributed by atoms with Crippen LogP contribution in [0.3, 0.4) is 0 Å². The maximum Gasteiger partial charge on any atom is 0.269 e. The van der Waals surface area contributed by atoms with Gasteiger partial charge in [0.15, 0.2) is 0 Å². The van der Waals surface area contributed by atoms with E-state index in [-0.39, 0.29) is 5.91 Å². The number of ether oxygens (including phenoxy) is 1. The number of amides is 1. The Morgan fingerprint density at radius 2 is 2.08 bits per heavy atom. The Morgan fingerprint density at radius 1 is 1.32 bits per heavy atom. The SMILES string of the molecule is Cn1nc(-c2ccccc2Cl)cc1C(=O)NCCCN1CCOCC1. The average molecular weight is 363 g/mol. The van der Waals surface area contributed by atoms with Crippen LogP contribution in [-0.2, 0) is 11.8 Å². The van der Waals surface area contributed by atoms with E-state index in [1.807, 2.05) is 24.3 Å². The smallest absolute Gasteiger partial charge is 0.269 e. The van der Waals surface area contributed by atoms with Crippen molar-refractivity contribution < 1.29 is 9.53 Å². The highest BCUT2D eigenvalue weighted by Gasteiger charge is 2.15. The van der Waals surface area contributed by atoms with E-state index in [4.69, 9.17) is 16.3 Å². The molecule has 0 saturated carbocycles. The van der Waals surface area contributed by atoms with Crippen LogP contribution in [0.4, 0.5) is 0 Å². The molecule has 1 aliphatic heterocycles. The molecule has 0 atom stereocenters. The molecule has 1 aromatic carbocycles. The number of carbonyl (C=O) groups is 1. The molecule has 7 heteroatoms. The Bertz CT molecular complexity index is 726. The zero-order valence-electron chi connectivity index (χ0n) is 14.4. The van der Waals surface area contributed by atoms with Crippen LogP contribution >= 0.6 is 11.6 Å². The van der Waals surface area contributed by atoms with Gasteiger partial charge in [-0.05, 0) is 25.1 Å². The Labute approximate surface area is 152 Å². The van der Waals surface area contributed by atoms with Gasteiger partial charge in [0, 0.05) is 32.2 Å². The highest BCUT2D eigenvalue weighted by molar-refractivity contribution is 6.33. The van der Waals surface area contributed by atoms with Crippen LogP contribution < -0.4 is 5.32 Å². The quantitative estimate of drug-likeness (QED) is 0.800. The van der Waals surface area contributed by atoms with Crippen molar-refractivity contribution in [2.24, 2.45) is 7.05 Å². The van der Waals surface area contributed by atoms with E-state index in [2.05, 4.69) is 15.3 Å². The number of aryl methyl sites for hydroxylation is 1. The van der Waals surface area contributed by atoms with Crippen LogP contribution in [0.2, 0.25) is 5.02 Å². The summed E-state index contributed by atoms with van der Waals surface area (Å²) in [4.78, 5) is 14.8. The molecule has 0 aliphatic carbocycles. The van der Waals surface area contributed by atoms with Gasteiger partial charge < -0.3 is 10.1 Å². The first-order valence-electron chi connectivity index (χ1n) is 8.52. The first-order valence-corrected chi connectivity index (χ1v) is 8.90. The van der Waals surface area contributed by atoms with E-state index in [1.54, 1.807) is 17.8 Å². The molecule has 3 rings (SSSR count). The Kier molecular flexibility index (Phi) is 6.07. The third kappa shape index (κ3) is 4.60. The zero-order chi connectivity index (χ0) is 17.6. The van der Waals surface area contributed by atoms with Gasteiger partial charge in [-0.2, -0.15) is 5.10 Å². The van der Waals surface area contributed by atoms with E-state index in [0.717, 1.165) is 44.8 Å². The fourth-order valence-corrected chi connectivity index (χ4v) is 3.13. The molecule has 0 bridgehead atoms. The first kappa shape index (κ1) is 17.9. The van der Waals surface area contributed by atoms with Crippen molar-refractivity contribution in [1.29, 1.82) is 0 Å². The second-order valence-electron chi connectivity index (χ2n) is 6.08. The van der Waals surface area contributed by atoms with Gasteiger partial charge in [-0.3, -0.25) is 14.4 Å². The number of benzene rings is 1. The number of morpholine rings is 1. The number of halogens is 1. The predicted octanol–water partition coefficient (Wildman–Crippen LogP) is 2.19. The number of nitrogens with one attached hydrogen (secondary N) is 1. The molecule has 0 unspecified atom stereocenters. The summed E-state index contributed by atoms with van der Waals surface area (Å²) in [5.41, 5.74) is 2.05. The van der Waals surface area contributed by atoms with Gasteiger partial charge in [-0.25, -0.2) is 0 Å². The summed E-state index contributed by atoms with van der Waals surface area (Å²) in [6.07, 6.45) is 0.918. The molecule has 2 aromatic rings. The van der Waals surface area contributed by atoms with Crippen molar-refractivity contribution in [3.63, 3.8) is 0 Å². The molecule has 25 heavy (non-hydrogen) atoms. The third-order valence-corrected chi connectivity index (χ3v) is 4.63. The minimum absolute atomic E-state index is 0.115. The first-order chi connectivity index (χ1) is 12.1. The van der Waals surface area contributed by atoms with Crippen LogP contribution in [0.15, 0.2) is 30.3 Å². The highest BCUT2D eigenvalue weighted by atomic mass is 35.5. The minimum Gasteiger partial charge on any atom is -0.379 e. The Hall–Kier alpha value is -1.89. The number of hydrogen-bond donors (Lipinski definition) is 1. The van der Waals surface area contributed by atoms with Crippen LogP contribution in [0.25, 0.3) is 11.3 Å². The maximum absolute atomic E-state index is 12.4. The van der Waals surface area contributed by atoms with Crippen molar-refractivity contribution in [3.05, 3.63) is 41.0 Å². The van der Waals surface area contributed by atoms with Gasteiger partial charge >= 0.3 is 0 Å². The lowest BCUT2D eigenvalue weighted by Gasteiger charge is -2.26. The Balaban J connectivity index is 1.54. The molecule has 0 spiro atoms. The number of carbonyl (C=O) groups excluding carboxylic acids is 1. The van der Waals surface area contributed by atoms with Crippen molar-refractivity contribution in [1.82, 2.24) is 20.0 Å². The minimum atomic E-state index is -0.115. The topological polar surface area (TPSA) is 59.4 Å². The van der Waals surface area contributed by atoms with Gasteiger partial charge in [0.2, 0.25) is 0 Å². The van der Waals surface area contributed by atoms with Crippen LogP contribution in [0, 0.1) is 0 Å². The summed E-state index contributed by atoms with van der Waals surface area (Å²) in [7, 11) is 1.77. The molecular formula is C18H23ClN4O2. The Morgan fingerprint density at radius 3 is 2.84 bits per heavy atom. The van der Waals surface area contributed by atoms with Gasteiger partial charge in [0.1, 0.15) is 5.69 Å². The van der Waals surface area contributed by atoms with E-state index in [1.165, 1.54) is 0 Å². The van der Waals surface area contributed by atoms with Gasteiger partial charge in [0.05, 0.1) is 23.9 Å². The van der Waals surface area contributed by atoms with Gasteiger partial charge in [0.25, 0.3) is 5.91 Å². The molecule has 6 nitrogen and oxygen atoms in total. The molecule has 2 heterocycles. The molecule has 1 saturated heterocycles. The number of rotatable bonds is 6. The molecule has 0 radical (unpaired) electrons. The summed E-state index contributed by atoms with van der Waals surface area (Å²) in [6, 6.07) is 9.27. The summed E-state index contributed by atoms with van der Waals surface area (Å²) >= 11 is 6.21. The highest BCUT2D eigenvalue weighted by Crippen LogP contribution is 2.26. The van der Waals surface area contributed by atoms with Gasteiger partial charge in [-0.1, -0.05) is 29.8 Å². The number of nitrogens with zero attached hydrogens (tertiary/aromatic N) is 3. The van der Waals surface area contributed by atoms with Crippen LogP contribution in [0.1, 0.15) is 16.9 Å². The van der Waals surface area contributed by atoms with Gasteiger partial charge in [-0.15, -0.1) is 0 Å². The molecule has 1 fully saturated rings. The standard InChI is InChI=1S/C18H23ClN4O2/c1-22-17(13-16(21-22)14-5-2-3-6-15(14)19)18(24)20-7-4-8-23-9-11-25-12-10-23/h2-3,5-6,13H,4,7-12H2,1H3,(H,20,24). The van der Waals surface area contributed by atoms with Crippen molar-refractivity contribution in [2.75, 3.05) is 39.4 Å². The maximum atomic E-state index is 12.4.